The summed E-state index contributed by atoms with van der Waals surface area (Å²) in [6.07, 6.45) is 2.83. The molecule has 0 amide bonds. The first-order valence-corrected chi connectivity index (χ1v) is 7.01. The molecule has 0 bridgehead atoms. The highest BCUT2D eigenvalue weighted by Crippen LogP contribution is 2.43. The number of hydrogen-bond acceptors (Lipinski definition) is 3. The first kappa shape index (κ1) is 13.7. The molecule has 1 aliphatic heterocycles. The fourth-order valence-corrected chi connectivity index (χ4v) is 2.57. The lowest BCUT2D eigenvalue weighted by Crippen LogP contribution is -1.89. The largest absolute Gasteiger partial charge is 0.507 e. The van der Waals surface area contributed by atoms with Crippen molar-refractivity contribution in [2.75, 3.05) is 0 Å². The molecular weight excluding hydrogens is 264 g/mol. The number of benzene rings is 2. The maximum absolute atomic E-state index is 10.1. The van der Waals surface area contributed by atoms with E-state index in [4.69, 9.17) is 4.74 Å². The number of hydrogen-bond donors (Lipinski definition) is 2. The second-order valence-electron chi connectivity index (χ2n) is 5.38. The molecule has 3 nitrogen and oxygen atoms in total. The molecule has 21 heavy (non-hydrogen) atoms. The topological polar surface area (TPSA) is 53.0 Å². The molecule has 0 unspecified atom stereocenters. The molecule has 1 fully saturated rings. The van der Waals surface area contributed by atoms with E-state index >= 15 is 0 Å². The van der Waals surface area contributed by atoms with Gasteiger partial charge in [-0.1, -0.05) is 18.2 Å². The van der Waals surface area contributed by atoms with Crippen LogP contribution in [0.1, 0.15) is 24.2 Å². The maximum atomic E-state index is 10.1. The summed E-state index contributed by atoms with van der Waals surface area (Å²) in [5.74, 6) is 0.304. The van der Waals surface area contributed by atoms with Gasteiger partial charge in [-0.3, -0.25) is 0 Å². The molecule has 108 valence electrons. The smallest absolute Gasteiger partial charge is 0.123 e. The van der Waals surface area contributed by atoms with Gasteiger partial charge in [0.2, 0.25) is 0 Å². The number of phenolic OH excluding ortho intramolecular Hbond substituents is 2. The minimum Gasteiger partial charge on any atom is -0.507 e. The molecule has 3 heteroatoms. The lowest BCUT2D eigenvalue weighted by atomic mass is 9.97. The van der Waals surface area contributed by atoms with Gasteiger partial charge in [0.05, 0.1) is 6.10 Å². The summed E-state index contributed by atoms with van der Waals surface area (Å²) in [6.45, 7) is 5.74. The first-order valence-electron chi connectivity index (χ1n) is 7.01. The van der Waals surface area contributed by atoms with Crippen LogP contribution in [-0.2, 0) is 11.2 Å². The van der Waals surface area contributed by atoms with Crippen molar-refractivity contribution in [1.29, 1.82) is 0 Å². The third-order valence-electron chi connectivity index (χ3n) is 3.79. The van der Waals surface area contributed by atoms with Gasteiger partial charge in [0, 0.05) is 11.1 Å². The summed E-state index contributed by atoms with van der Waals surface area (Å²) in [7, 11) is 0. The van der Waals surface area contributed by atoms with E-state index in [1.165, 1.54) is 0 Å². The Morgan fingerprint density at radius 3 is 2.33 bits per heavy atom. The molecule has 0 aliphatic carbocycles. The van der Waals surface area contributed by atoms with Crippen molar-refractivity contribution in [3.05, 3.63) is 60.2 Å². The summed E-state index contributed by atoms with van der Waals surface area (Å²) in [5, 5.41) is 20.2. The van der Waals surface area contributed by atoms with Crippen LogP contribution in [0.25, 0.3) is 11.1 Å². The SMILES string of the molecule is C=CCc1ccc(O)c(-c2cc([C@H]3O[C@@H]3C)ccc2O)c1. The molecular formula is C18H18O3. The Balaban J connectivity index is 2.06. The summed E-state index contributed by atoms with van der Waals surface area (Å²) in [5.41, 5.74) is 3.31. The Kier molecular flexibility index (Phi) is 3.43. The van der Waals surface area contributed by atoms with Crippen molar-refractivity contribution in [2.45, 2.75) is 25.6 Å². The van der Waals surface area contributed by atoms with Gasteiger partial charge in [-0.15, -0.1) is 6.58 Å². The number of aromatic hydroxyl groups is 2. The van der Waals surface area contributed by atoms with Gasteiger partial charge in [-0.05, 0) is 48.7 Å². The molecule has 1 saturated heterocycles. The standard InChI is InChI=1S/C18H18O3/c1-3-4-12-5-7-16(19)14(9-12)15-10-13(6-8-17(15)20)18-11(2)21-18/h3,5-11,18-20H,1,4H2,2H3/t11-,18+/m1/s1. The van der Waals surface area contributed by atoms with Crippen LogP contribution in [0.2, 0.25) is 0 Å². The van der Waals surface area contributed by atoms with E-state index in [1.807, 2.05) is 37.3 Å². The van der Waals surface area contributed by atoms with Gasteiger partial charge in [-0.25, -0.2) is 0 Å². The molecule has 3 rings (SSSR count). The van der Waals surface area contributed by atoms with E-state index < -0.39 is 0 Å². The lowest BCUT2D eigenvalue weighted by Gasteiger charge is -2.10. The molecule has 0 radical (unpaired) electrons. The minimum absolute atomic E-state index is 0.0860. The highest BCUT2D eigenvalue weighted by atomic mass is 16.6. The van der Waals surface area contributed by atoms with Crippen LogP contribution in [-0.4, -0.2) is 16.3 Å². The number of phenols is 2. The highest BCUT2D eigenvalue weighted by molar-refractivity contribution is 5.76. The van der Waals surface area contributed by atoms with E-state index in [9.17, 15) is 10.2 Å². The minimum atomic E-state index is 0.0860. The maximum Gasteiger partial charge on any atom is 0.123 e. The first-order chi connectivity index (χ1) is 10.1. The van der Waals surface area contributed by atoms with Crippen LogP contribution in [0.4, 0.5) is 0 Å². The highest BCUT2D eigenvalue weighted by Gasteiger charge is 2.36. The van der Waals surface area contributed by atoms with Crippen LogP contribution in [0.15, 0.2) is 49.1 Å². The number of allylic oxidation sites excluding steroid dienone is 1. The zero-order valence-corrected chi connectivity index (χ0v) is 11.9. The molecule has 1 heterocycles. The Hall–Kier alpha value is -2.26. The number of ether oxygens (including phenoxy) is 1. The van der Waals surface area contributed by atoms with Crippen molar-refractivity contribution in [3.8, 4) is 22.6 Å². The number of rotatable bonds is 4. The van der Waals surface area contributed by atoms with Crippen LogP contribution < -0.4 is 0 Å². The predicted octanol–water partition coefficient (Wildman–Crippen LogP) is 3.95. The fourth-order valence-electron chi connectivity index (χ4n) is 2.57. The third kappa shape index (κ3) is 2.65. The average molecular weight is 282 g/mol. The van der Waals surface area contributed by atoms with E-state index in [0.29, 0.717) is 11.1 Å². The second kappa shape index (κ2) is 5.26. The van der Waals surface area contributed by atoms with Crippen LogP contribution in [0.3, 0.4) is 0 Å². The molecule has 2 atom stereocenters. The summed E-state index contributed by atoms with van der Waals surface area (Å²) < 4.78 is 5.47. The van der Waals surface area contributed by atoms with Gasteiger partial charge >= 0.3 is 0 Å². The van der Waals surface area contributed by atoms with Crippen molar-refractivity contribution < 1.29 is 14.9 Å². The van der Waals surface area contributed by atoms with E-state index in [0.717, 1.165) is 17.5 Å². The lowest BCUT2D eigenvalue weighted by molar-refractivity contribution is 0.383. The summed E-state index contributed by atoms with van der Waals surface area (Å²) >= 11 is 0. The summed E-state index contributed by atoms with van der Waals surface area (Å²) in [4.78, 5) is 0. The third-order valence-corrected chi connectivity index (χ3v) is 3.79. The Labute approximate surface area is 124 Å². The molecule has 0 aromatic heterocycles. The van der Waals surface area contributed by atoms with Gasteiger partial charge in [0.1, 0.15) is 17.6 Å². The normalized spacial score (nSPS) is 20.2. The van der Waals surface area contributed by atoms with Crippen molar-refractivity contribution >= 4 is 0 Å². The predicted molar refractivity (Wildman–Crippen MR) is 82.4 cm³/mol. The zero-order valence-electron chi connectivity index (χ0n) is 11.9. The van der Waals surface area contributed by atoms with Gasteiger partial charge in [-0.2, -0.15) is 0 Å². The number of epoxide rings is 1. The van der Waals surface area contributed by atoms with Crippen molar-refractivity contribution in [2.24, 2.45) is 0 Å². The van der Waals surface area contributed by atoms with E-state index in [2.05, 4.69) is 6.58 Å². The van der Waals surface area contributed by atoms with Gasteiger partial charge < -0.3 is 14.9 Å². The fraction of sp³-hybridized carbons (Fsp3) is 0.222. The molecule has 2 N–H and O–H groups in total. The molecule has 2 aromatic rings. The Morgan fingerprint density at radius 2 is 1.71 bits per heavy atom. The van der Waals surface area contributed by atoms with E-state index in [1.54, 1.807) is 12.1 Å². The molecule has 0 spiro atoms. The van der Waals surface area contributed by atoms with E-state index in [-0.39, 0.29) is 23.7 Å². The van der Waals surface area contributed by atoms with Crippen LogP contribution in [0.5, 0.6) is 11.5 Å². The second-order valence-corrected chi connectivity index (χ2v) is 5.38. The molecule has 2 aromatic carbocycles. The van der Waals surface area contributed by atoms with Crippen LogP contribution in [0, 0.1) is 0 Å². The Morgan fingerprint density at radius 1 is 1.10 bits per heavy atom. The zero-order chi connectivity index (χ0) is 15.0. The van der Waals surface area contributed by atoms with Crippen molar-refractivity contribution in [3.63, 3.8) is 0 Å². The van der Waals surface area contributed by atoms with Crippen molar-refractivity contribution in [1.82, 2.24) is 0 Å². The molecule has 1 aliphatic rings. The van der Waals surface area contributed by atoms with Crippen LogP contribution >= 0.6 is 0 Å². The monoisotopic (exact) mass is 282 g/mol. The molecule has 0 saturated carbocycles. The van der Waals surface area contributed by atoms with Gasteiger partial charge in [0.25, 0.3) is 0 Å². The quantitative estimate of drug-likeness (QED) is 0.659. The van der Waals surface area contributed by atoms with Gasteiger partial charge in [0.15, 0.2) is 0 Å². The Bertz CT molecular complexity index is 691. The average Bonchev–Trinajstić information content (AvgIpc) is 3.19. The summed E-state index contributed by atoms with van der Waals surface area (Å²) in [6, 6.07) is 10.8.